The number of carbonyl (C=O) groups excluding carboxylic acids is 1. The molecule has 0 saturated heterocycles. The molecule has 0 radical (unpaired) electrons. The summed E-state index contributed by atoms with van der Waals surface area (Å²) in [5.41, 5.74) is 4.61. The summed E-state index contributed by atoms with van der Waals surface area (Å²) in [6.45, 7) is 5.95. The molecule has 0 fully saturated rings. The first-order valence-electron chi connectivity index (χ1n) is 12.6. The highest BCUT2D eigenvalue weighted by Crippen LogP contribution is 2.32. The second kappa shape index (κ2) is 13.5. The van der Waals surface area contributed by atoms with Gasteiger partial charge in [-0.05, 0) is 43.7 Å². The van der Waals surface area contributed by atoms with Crippen LogP contribution in [-0.4, -0.2) is 21.5 Å². The Hall–Kier alpha value is -2.20. The maximum atomic E-state index is 11.6. The lowest BCUT2D eigenvalue weighted by Gasteiger charge is -2.10. The zero-order valence-corrected chi connectivity index (χ0v) is 21.3. The maximum absolute atomic E-state index is 11.6. The van der Waals surface area contributed by atoms with E-state index in [4.69, 9.17) is 4.98 Å². The standard InChI is InChI=1S/C29H38N2OS/c1-4-5-6-7-8-9-10-11-12-13-18-33-28-20-27(25-16-14-24(15-17-25)23(3)32)31-29-26(28)19-22(2)21-30-29/h14-17,19-21H,4-13,18H2,1-3H3. The van der Waals surface area contributed by atoms with E-state index in [9.17, 15) is 4.79 Å². The molecule has 0 aliphatic carbocycles. The Labute approximate surface area is 203 Å². The van der Waals surface area contributed by atoms with E-state index in [1.165, 1.54) is 69.1 Å². The smallest absolute Gasteiger partial charge is 0.160 e. The Balaban J connectivity index is 1.58. The van der Waals surface area contributed by atoms with Gasteiger partial charge in [-0.1, -0.05) is 89.0 Å². The predicted molar refractivity (Wildman–Crippen MR) is 142 cm³/mol. The van der Waals surface area contributed by atoms with Gasteiger partial charge in [0.25, 0.3) is 0 Å². The molecule has 3 nitrogen and oxygen atoms in total. The molecule has 0 saturated carbocycles. The van der Waals surface area contributed by atoms with Gasteiger partial charge in [0.1, 0.15) is 0 Å². The number of aryl methyl sites for hydroxylation is 1. The van der Waals surface area contributed by atoms with E-state index < -0.39 is 0 Å². The molecule has 0 N–H and O–H groups in total. The molecule has 1 aromatic carbocycles. The third-order valence-corrected chi connectivity index (χ3v) is 7.25. The monoisotopic (exact) mass is 462 g/mol. The van der Waals surface area contributed by atoms with Crippen LogP contribution in [-0.2, 0) is 0 Å². The number of unbranched alkanes of at least 4 members (excludes halogenated alkanes) is 9. The topological polar surface area (TPSA) is 42.9 Å². The Morgan fingerprint density at radius 1 is 0.879 bits per heavy atom. The highest BCUT2D eigenvalue weighted by Gasteiger charge is 2.10. The number of ketones is 1. The average Bonchev–Trinajstić information content (AvgIpc) is 2.82. The minimum atomic E-state index is 0.0814. The van der Waals surface area contributed by atoms with Crippen LogP contribution in [0.4, 0.5) is 0 Å². The van der Waals surface area contributed by atoms with Crippen molar-refractivity contribution in [1.82, 2.24) is 9.97 Å². The normalized spacial score (nSPS) is 11.2. The minimum absolute atomic E-state index is 0.0814. The second-order valence-corrected chi connectivity index (χ2v) is 10.2. The van der Waals surface area contributed by atoms with Crippen molar-refractivity contribution in [3.63, 3.8) is 0 Å². The summed E-state index contributed by atoms with van der Waals surface area (Å²) < 4.78 is 0. The van der Waals surface area contributed by atoms with Crippen LogP contribution in [0.5, 0.6) is 0 Å². The van der Waals surface area contributed by atoms with Gasteiger partial charge in [-0.15, -0.1) is 11.8 Å². The molecule has 0 aliphatic rings. The molecule has 3 rings (SSSR count). The molecule has 33 heavy (non-hydrogen) atoms. The third kappa shape index (κ3) is 7.96. The summed E-state index contributed by atoms with van der Waals surface area (Å²) in [5.74, 6) is 1.20. The first-order valence-corrected chi connectivity index (χ1v) is 13.6. The molecule has 2 aromatic heterocycles. The van der Waals surface area contributed by atoms with Crippen molar-refractivity contribution in [3.05, 3.63) is 53.7 Å². The van der Waals surface area contributed by atoms with Crippen LogP contribution >= 0.6 is 11.8 Å². The number of hydrogen-bond acceptors (Lipinski definition) is 4. The first kappa shape index (κ1) is 25.4. The van der Waals surface area contributed by atoms with Crippen molar-refractivity contribution in [2.45, 2.75) is 89.9 Å². The van der Waals surface area contributed by atoms with Crippen LogP contribution in [0.2, 0.25) is 0 Å². The van der Waals surface area contributed by atoms with Gasteiger partial charge < -0.3 is 0 Å². The number of pyridine rings is 2. The molecule has 2 heterocycles. The minimum Gasteiger partial charge on any atom is -0.295 e. The Bertz CT molecular complexity index is 1030. The Kier molecular flexibility index (Phi) is 10.4. The highest BCUT2D eigenvalue weighted by molar-refractivity contribution is 7.99. The highest BCUT2D eigenvalue weighted by atomic mass is 32.2. The molecule has 0 aliphatic heterocycles. The van der Waals surface area contributed by atoms with E-state index in [1.807, 2.05) is 42.2 Å². The lowest BCUT2D eigenvalue weighted by atomic mass is 10.1. The third-order valence-electron chi connectivity index (χ3n) is 6.11. The number of fused-ring (bicyclic) bond motifs is 1. The van der Waals surface area contributed by atoms with E-state index in [0.717, 1.165) is 39.2 Å². The molecule has 0 amide bonds. The van der Waals surface area contributed by atoms with Crippen molar-refractivity contribution >= 4 is 28.6 Å². The van der Waals surface area contributed by atoms with Crippen molar-refractivity contribution in [1.29, 1.82) is 0 Å². The summed E-state index contributed by atoms with van der Waals surface area (Å²) in [5, 5.41) is 1.14. The Morgan fingerprint density at radius 2 is 1.52 bits per heavy atom. The summed E-state index contributed by atoms with van der Waals surface area (Å²) in [6.07, 6.45) is 15.5. The van der Waals surface area contributed by atoms with Gasteiger partial charge in [0, 0.05) is 27.6 Å². The van der Waals surface area contributed by atoms with Gasteiger partial charge in [0.15, 0.2) is 11.4 Å². The van der Waals surface area contributed by atoms with Gasteiger partial charge in [0.2, 0.25) is 0 Å². The maximum Gasteiger partial charge on any atom is 0.160 e. The number of rotatable bonds is 14. The number of nitrogens with zero attached hydrogens (tertiary/aromatic N) is 2. The number of benzene rings is 1. The van der Waals surface area contributed by atoms with E-state index >= 15 is 0 Å². The molecular weight excluding hydrogens is 424 g/mol. The van der Waals surface area contributed by atoms with E-state index in [-0.39, 0.29) is 5.78 Å². The fraction of sp³-hybridized carbons (Fsp3) is 0.483. The van der Waals surface area contributed by atoms with Crippen LogP contribution in [0.3, 0.4) is 0 Å². The number of aromatic nitrogens is 2. The van der Waals surface area contributed by atoms with Crippen LogP contribution in [0.15, 0.2) is 47.5 Å². The van der Waals surface area contributed by atoms with Crippen LogP contribution < -0.4 is 0 Å². The molecule has 176 valence electrons. The van der Waals surface area contributed by atoms with Gasteiger partial charge in [-0.25, -0.2) is 9.97 Å². The van der Waals surface area contributed by atoms with Crippen molar-refractivity contribution in [3.8, 4) is 11.3 Å². The fourth-order valence-electron chi connectivity index (χ4n) is 4.10. The molecular formula is C29H38N2OS. The first-order chi connectivity index (χ1) is 16.1. The summed E-state index contributed by atoms with van der Waals surface area (Å²) >= 11 is 1.92. The summed E-state index contributed by atoms with van der Waals surface area (Å²) in [6, 6.07) is 12.1. The zero-order valence-electron chi connectivity index (χ0n) is 20.5. The van der Waals surface area contributed by atoms with Gasteiger partial charge >= 0.3 is 0 Å². The van der Waals surface area contributed by atoms with Crippen molar-refractivity contribution in [2.75, 3.05) is 5.75 Å². The summed E-state index contributed by atoms with van der Waals surface area (Å²) in [7, 11) is 0. The number of Topliss-reactive ketones (excluding diaryl/α,β-unsaturated/α-hetero) is 1. The van der Waals surface area contributed by atoms with Crippen LogP contribution in [0.1, 0.15) is 94.0 Å². The average molecular weight is 463 g/mol. The number of hydrogen-bond donors (Lipinski definition) is 0. The number of thioether (sulfide) groups is 1. The molecule has 3 aromatic rings. The van der Waals surface area contributed by atoms with E-state index in [2.05, 4.69) is 31.0 Å². The van der Waals surface area contributed by atoms with Crippen LogP contribution in [0, 0.1) is 6.92 Å². The van der Waals surface area contributed by atoms with Crippen LogP contribution in [0.25, 0.3) is 22.3 Å². The quantitative estimate of drug-likeness (QED) is 0.136. The molecule has 0 atom stereocenters. The lowest BCUT2D eigenvalue weighted by Crippen LogP contribution is -1.94. The molecule has 0 spiro atoms. The molecule has 0 bridgehead atoms. The fourth-order valence-corrected chi connectivity index (χ4v) is 5.16. The molecule has 0 unspecified atom stereocenters. The number of carbonyl (C=O) groups is 1. The largest absolute Gasteiger partial charge is 0.295 e. The van der Waals surface area contributed by atoms with Gasteiger partial charge in [-0.2, -0.15) is 0 Å². The van der Waals surface area contributed by atoms with Gasteiger partial charge in [-0.3, -0.25) is 4.79 Å². The predicted octanol–water partition coefficient (Wildman–Crippen LogP) is 8.82. The van der Waals surface area contributed by atoms with Gasteiger partial charge in [0.05, 0.1) is 5.69 Å². The van der Waals surface area contributed by atoms with E-state index in [0.29, 0.717) is 0 Å². The van der Waals surface area contributed by atoms with Crippen molar-refractivity contribution in [2.24, 2.45) is 0 Å². The van der Waals surface area contributed by atoms with E-state index in [1.54, 1.807) is 6.92 Å². The Morgan fingerprint density at radius 3 is 2.15 bits per heavy atom. The zero-order chi connectivity index (χ0) is 23.5. The second-order valence-electron chi connectivity index (χ2n) is 9.05. The SMILES string of the molecule is CCCCCCCCCCCCSc1cc(-c2ccc(C(C)=O)cc2)nc2ncc(C)cc12. The lowest BCUT2D eigenvalue weighted by molar-refractivity contribution is 0.101. The van der Waals surface area contributed by atoms with Crippen molar-refractivity contribution < 1.29 is 4.79 Å². The summed E-state index contributed by atoms with van der Waals surface area (Å²) in [4.78, 5) is 22.3. The molecule has 4 heteroatoms.